The third-order valence-electron chi connectivity index (χ3n) is 8.93. The molecule has 2 aromatic rings. The second kappa shape index (κ2) is 12.3. The molecule has 0 unspecified atom stereocenters. The summed E-state index contributed by atoms with van der Waals surface area (Å²) in [5.74, 6) is -3.17. The number of nitrogens with one attached hydrogen (secondary N) is 1. The van der Waals surface area contributed by atoms with E-state index in [4.69, 9.17) is 4.74 Å². The molecule has 2 aromatic carbocycles. The fraction of sp³-hybridized carbons (Fsp3) is 0.438. The van der Waals surface area contributed by atoms with Crippen LogP contribution in [-0.4, -0.2) is 86.0 Å². The van der Waals surface area contributed by atoms with Crippen LogP contribution in [0.2, 0.25) is 0 Å². The molecule has 0 spiro atoms. The molecule has 0 radical (unpaired) electrons. The smallest absolute Gasteiger partial charge is 0.353 e. The number of aliphatic hydroxyl groups excluding tert-OH is 1. The van der Waals surface area contributed by atoms with E-state index in [9.17, 15) is 34.5 Å². The summed E-state index contributed by atoms with van der Waals surface area (Å²) in [5.41, 5.74) is 3.41. The molecule has 12 heteroatoms. The average molecular weight is 624 g/mol. The van der Waals surface area contributed by atoms with Crippen molar-refractivity contribution in [1.82, 2.24) is 9.80 Å². The molecule has 234 valence electrons. The number of hydrogen-bond acceptors (Lipinski definition) is 8. The Balaban J connectivity index is 1.43. The lowest BCUT2D eigenvalue weighted by Crippen LogP contribution is -2.63. The van der Waals surface area contributed by atoms with E-state index >= 15 is 0 Å². The number of rotatable bonds is 10. The van der Waals surface area contributed by atoms with E-state index in [1.165, 1.54) is 28.8 Å². The minimum Gasteiger partial charge on any atom is -0.496 e. The van der Waals surface area contributed by atoms with Gasteiger partial charge in [0.2, 0.25) is 11.8 Å². The molecule has 3 heterocycles. The number of β-lactam (4-membered cyclic amide) rings is 1. The van der Waals surface area contributed by atoms with Gasteiger partial charge in [-0.05, 0) is 68.1 Å². The summed E-state index contributed by atoms with van der Waals surface area (Å²) < 4.78 is 5.57. The number of aryl methyl sites for hydroxylation is 1. The van der Waals surface area contributed by atoms with Crippen LogP contribution in [0.15, 0.2) is 47.0 Å². The van der Waals surface area contributed by atoms with Crippen LogP contribution >= 0.6 is 11.8 Å². The highest BCUT2D eigenvalue weighted by molar-refractivity contribution is 8.03. The molecule has 2 amide bonds. The summed E-state index contributed by atoms with van der Waals surface area (Å²) in [6.45, 7) is 8.30. The number of carbonyl (C=O) groups is 4. The lowest BCUT2D eigenvalue weighted by atomic mass is 9.79. The van der Waals surface area contributed by atoms with Gasteiger partial charge >= 0.3 is 11.9 Å². The number of benzene rings is 2. The molecule has 3 aliphatic heterocycles. The molecule has 3 aliphatic rings. The summed E-state index contributed by atoms with van der Waals surface area (Å²) in [6, 6.07) is 9.05. The fourth-order valence-electron chi connectivity index (χ4n) is 6.64. The number of fused-ring (bicyclic) bond motifs is 1. The summed E-state index contributed by atoms with van der Waals surface area (Å²) in [7, 11) is 1.61. The van der Waals surface area contributed by atoms with E-state index in [0.29, 0.717) is 30.1 Å². The van der Waals surface area contributed by atoms with Crippen molar-refractivity contribution in [3.63, 3.8) is 0 Å². The predicted molar refractivity (Wildman–Crippen MR) is 164 cm³/mol. The van der Waals surface area contributed by atoms with Crippen LogP contribution in [0.25, 0.3) is 0 Å². The van der Waals surface area contributed by atoms with Crippen molar-refractivity contribution in [3.8, 4) is 5.75 Å². The third kappa shape index (κ3) is 5.69. The zero-order valence-electron chi connectivity index (χ0n) is 25.2. The van der Waals surface area contributed by atoms with E-state index in [-0.39, 0.29) is 34.2 Å². The first-order valence-electron chi connectivity index (χ1n) is 14.5. The van der Waals surface area contributed by atoms with E-state index < -0.39 is 36.0 Å². The highest BCUT2D eigenvalue weighted by Gasteiger charge is 2.60. The van der Waals surface area contributed by atoms with Crippen LogP contribution in [0.1, 0.15) is 47.3 Å². The highest BCUT2D eigenvalue weighted by Crippen LogP contribution is 2.52. The third-order valence-corrected chi connectivity index (χ3v) is 10.4. The number of thioether (sulfide) groups is 1. The van der Waals surface area contributed by atoms with Gasteiger partial charge in [0.1, 0.15) is 11.4 Å². The number of aliphatic hydroxyl groups is 1. The summed E-state index contributed by atoms with van der Waals surface area (Å²) in [4.78, 5) is 54.3. The van der Waals surface area contributed by atoms with Crippen LogP contribution in [0, 0.1) is 25.7 Å². The van der Waals surface area contributed by atoms with Crippen LogP contribution in [0.3, 0.4) is 0 Å². The molecule has 0 aliphatic carbocycles. The van der Waals surface area contributed by atoms with Gasteiger partial charge in [-0.1, -0.05) is 19.1 Å². The number of likely N-dealkylation sites (tertiary alicyclic amines) is 1. The number of carboxylic acid groups (broad SMARTS) is 2. The number of methoxy groups -OCH3 is 1. The first-order chi connectivity index (χ1) is 20.8. The Morgan fingerprint density at radius 2 is 1.86 bits per heavy atom. The maximum absolute atomic E-state index is 13.7. The van der Waals surface area contributed by atoms with Crippen molar-refractivity contribution in [2.75, 3.05) is 19.0 Å². The standard InChI is InChI=1S/C32H37N3O8S/c1-15-9-19(10-24(43-5)16(15)2)13-34-14-22(12-23(34)29(37)33-21-8-6-7-20(11-21)31(39)40)44-28-17(3)26-25(18(4)36)30(38)35(26)27(28)32(41)42/h6-11,17-18,22-23,25-26,36H,12-14H2,1-5H3,(H,33,37)(H,39,40)(H,41,42)/t17-,18-,22+,23+,25-,26-/m1/s1. The van der Waals surface area contributed by atoms with Gasteiger partial charge in [0.25, 0.3) is 0 Å². The molecular weight excluding hydrogens is 586 g/mol. The summed E-state index contributed by atoms with van der Waals surface area (Å²) in [6.07, 6.45) is -0.492. The van der Waals surface area contributed by atoms with Gasteiger partial charge in [-0.15, -0.1) is 11.8 Å². The molecular formula is C32H37N3O8S. The van der Waals surface area contributed by atoms with Gasteiger partial charge in [-0.3, -0.25) is 14.5 Å². The summed E-state index contributed by atoms with van der Waals surface area (Å²) >= 11 is 1.38. The second-order valence-corrected chi connectivity index (χ2v) is 13.2. The van der Waals surface area contributed by atoms with Crippen LogP contribution in [0.4, 0.5) is 5.69 Å². The van der Waals surface area contributed by atoms with Crippen molar-refractivity contribution in [1.29, 1.82) is 0 Å². The van der Waals surface area contributed by atoms with Crippen molar-refractivity contribution in [3.05, 3.63) is 69.3 Å². The lowest BCUT2D eigenvalue weighted by molar-refractivity contribution is -0.163. The Morgan fingerprint density at radius 3 is 2.50 bits per heavy atom. The van der Waals surface area contributed by atoms with Crippen molar-refractivity contribution in [2.24, 2.45) is 11.8 Å². The second-order valence-electron chi connectivity index (χ2n) is 11.8. The normalized spacial score (nSPS) is 25.5. The molecule has 5 rings (SSSR count). The lowest BCUT2D eigenvalue weighted by Gasteiger charge is -2.46. The first kappa shape index (κ1) is 31.6. The van der Waals surface area contributed by atoms with Gasteiger partial charge in [-0.25, -0.2) is 9.59 Å². The minimum absolute atomic E-state index is 0.0433. The molecule has 2 fully saturated rings. The fourth-order valence-corrected chi connectivity index (χ4v) is 8.20. The zero-order valence-corrected chi connectivity index (χ0v) is 26.1. The molecule has 0 saturated carbocycles. The van der Waals surface area contributed by atoms with Gasteiger partial charge < -0.3 is 30.3 Å². The average Bonchev–Trinajstić information content (AvgIpc) is 3.46. The Kier molecular flexibility index (Phi) is 8.79. The molecule has 6 atom stereocenters. The Labute approximate surface area is 259 Å². The monoisotopic (exact) mass is 623 g/mol. The van der Waals surface area contributed by atoms with Crippen molar-refractivity contribution < 1.29 is 39.2 Å². The van der Waals surface area contributed by atoms with Crippen molar-refractivity contribution >= 4 is 41.2 Å². The van der Waals surface area contributed by atoms with E-state index in [1.807, 2.05) is 31.7 Å². The van der Waals surface area contributed by atoms with Gasteiger partial charge in [0, 0.05) is 34.8 Å². The Bertz CT molecular complexity index is 1560. The first-order valence-corrected chi connectivity index (χ1v) is 15.4. The number of aliphatic carboxylic acids is 1. The minimum atomic E-state index is -1.19. The number of carboxylic acids is 2. The zero-order chi connectivity index (χ0) is 32.0. The SMILES string of the molecule is COc1cc(CN2C[C@@H](SC3=C(C(=O)O)N4C(=O)[C@H]([C@@H](C)O)[C@H]4[C@H]3C)C[C@H]2C(=O)Nc2cccc(C(=O)O)c2)cc(C)c1C. The number of carbonyl (C=O) groups excluding carboxylic acids is 2. The molecule has 11 nitrogen and oxygen atoms in total. The van der Waals surface area contributed by atoms with Crippen LogP contribution in [-0.2, 0) is 20.9 Å². The van der Waals surface area contributed by atoms with Gasteiger partial charge in [-0.2, -0.15) is 0 Å². The largest absolute Gasteiger partial charge is 0.496 e. The molecule has 4 N–H and O–H groups in total. The van der Waals surface area contributed by atoms with Gasteiger partial charge in [0.05, 0.1) is 36.8 Å². The van der Waals surface area contributed by atoms with Gasteiger partial charge in [0.15, 0.2) is 0 Å². The van der Waals surface area contributed by atoms with Crippen molar-refractivity contribution in [2.45, 2.75) is 64.1 Å². The summed E-state index contributed by atoms with van der Waals surface area (Å²) in [5, 5.41) is 32.4. The van der Waals surface area contributed by atoms with E-state index in [0.717, 1.165) is 22.4 Å². The van der Waals surface area contributed by atoms with E-state index in [2.05, 4.69) is 11.4 Å². The maximum Gasteiger partial charge on any atom is 0.353 e. The molecule has 2 saturated heterocycles. The number of amides is 2. The number of anilines is 1. The highest BCUT2D eigenvalue weighted by atomic mass is 32.2. The number of ether oxygens (including phenoxy) is 1. The molecule has 44 heavy (non-hydrogen) atoms. The van der Waals surface area contributed by atoms with E-state index in [1.54, 1.807) is 26.2 Å². The van der Waals surface area contributed by atoms with Crippen LogP contribution < -0.4 is 10.1 Å². The quantitative estimate of drug-likeness (QED) is 0.289. The maximum atomic E-state index is 13.7. The number of aromatic carboxylic acids is 1. The molecule has 0 aromatic heterocycles. The Hall–Kier alpha value is -3.87. The predicted octanol–water partition coefficient (Wildman–Crippen LogP) is 3.48. The van der Waals surface area contributed by atoms with Crippen LogP contribution in [0.5, 0.6) is 5.75 Å². The topological polar surface area (TPSA) is 157 Å². The Morgan fingerprint density at radius 1 is 1.14 bits per heavy atom. The number of hydrogen-bond donors (Lipinski definition) is 4. The molecule has 0 bridgehead atoms. The number of nitrogens with zero attached hydrogens (tertiary/aromatic N) is 2.